The van der Waals surface area contributed by atoms with Gasteiger partial charge in [0, 0.05) is 26.9 Å². The quantitative estimate of drug-likeness (QED) is 0.258. The number of hydrogen-bond donors (Lipinski definition) is 0. The highest BCUT2D eigenvalue weighted by Gasteiger charge is 2.35. The van der Waals surface area contributed by atoms with Gasteiger partial charge in [-0.2, -0.15) is 0 Å². The zero-order chi connectivity index (χ0) is 24.0. The van der Waals surface area contributed by atoms with Crippen LogP contribution in [0.25, 0.3) is 11.1 Å². The van der Waals surface area contributed by atoms with Crippen LogP contribution in [-0.2, 0) is 5.41 Å². The molecule has 0 atom stereocenters. The van der Waals surface area contributed by atoms with Crippen molar-refractivity contribution < 1.29 is 0 Å². The van der Waals surface area contributed by atoms with E-state index in [1.165, 1.54) is 71.3 Å². The number of anilines is 3. The summed E-state index contributed by atoms with van der Waals surface area (Å²) in [6.45, 7) is 4.70. The Balaban J connectivity index is 1.44. The second kappa shape index (κ2) is 8.99. The highest BCUT2D eigenvalue weighted by Crippen LogP contribution is 2.50. The number of halogens is 1. The number of benzene rings is 4. The second-order valence-electron chi connectivity index (χ2n) is 10.6. The van der Waals surface area contributed by atoms with Gasteiger partial charge in [0.25, 0.3) is 0 Å². The summed E-state index contributed by atoms with van der Waals surface area (Å²) in [5.74, 6) is 0.719. The lowest BCUT2D eigenvalue weighted by Crippen LogP contribution is -2.16. The Morgan fingerprint density at radius 3 is 2.11 bits per heavy atom. The first-order valence-electron chi connectivity index (χ1n) is 12.9. The smallest absolute Gasteiger partial charge is 0.0472 e. The van der Waals surface area contributed by atoms with Crippen LogP contribution in [0.1, 0.15) is 68.6 Å². The Morgan fingerprint density at radius 1 is 0.657 bits per heavy atom. The second-order valence-corrected chi connectivity index (χ2v) is 11.6. The predicted octanol–water partition coefficient (Wildman–Crippen LogP) is 10.3. The Kier molecular flexibility index (Phi) is 5.81. The van der Waals surface area contributed by atoms with E-state index in [9.17, 15) is 0 Å². The fourth-order valence-corrected chi connectivity index (χ4v) is 6.61. The van der Waals surface area contributed by atoms with Crippen LogP contribution in [0.4, 0.5) is 17.1 Å². The molecule has 0 heterocycles. The molecule has 0 unspecified atom stereocenters. The molecule has 6 rings (SSSR count). The van der Waals surface area contributed by atoms with Gasteiger partial charge >= 0.3 is 0 Å². The van der Waals surface area contributed by atoms with Gasteiger partial charge in [-0.3, -0.25) is 0 Å². The van der Waals surface area contributed by atoms with E-state index >= 15 is 0 Å². The fourth-order valence-electron chi connectivity index (χ4n) is 6.23. The van der Waals surface area contributed by atoms with E-state index in [0.717, 1.165) is 16.1 Å². The molecular weight excluding hydrogens is 490 g/mol. The van der Waals surface area contributed by atoms with E-state index in [1.807, 2.05) is 0 Å². The van der Waals surface area contributed by atoms with Crippen molar-refractivity contribution in [1.29, 1.82) is 0 Å². The molecule has 176 valence electrons. The Hall–Kier alpha value is -2.84. The molecule has 2 aliphatic rings. The minimum Gasteiger partial charge on any atom is -0.310 e. The van der Waals surface area contributed by atoms with Gasteiger partial charge in [0.2, 0.25) is 0 Å². The number of nitrogens with zero attached hydrogens (tertiary/aromatic N) is 1. The zero-order valence-corrected chi connectivity index (χ0v) is 22.2. The van der Waals surface area contributed by atoms with Crippen molar-refractivity contribution in [3.05, 3.63) is 112 Å². The van der Waals surface area contributed by atoms with Crippen LogP contribution in [0, 0.1) is 0 Å². The largest absolute Gasteiger partial charge is 0.310 e. The maximum atomic E-state index is 3.70. The summed E-state index contributed by atoms with van der Waals surface area (Å²) in [6.07, 6.45) is 6.78. The molecule has 0 amide bonds. The van der Waals surface area contributed by atoms with Gasteiger partial charge in [0.15, 0.2) is 0 Å². The monoisotopic (exact) mass is 521 g/mol. The maximum absolute atomic E-state index is 3.70. The minimum atomic E-state index is -0.0181. The van der Waals surface area contributed by atoms with E-state index < -0.39 is 0 Å². The van der Waals surface area contributed by atoms with Gasteiger partial charge in [-0.1, -0.05) is 97.6 Å². The summed E-state index contributed by atoms with van der Waals surface area (Å²) in [6, 6.07) is 33.9. The SMILES string of the molecule is CC1(C)c2ccccc2-c2ccc(N(c3ccc(C4CCCCC4)cc3)c3cccc(Br)c3)cc21. The van der Waals surface area contributed by atoms with Crippen LogP contribution in [-0.4, -0.2) is 0 Å². The van der Waals surface area contributed by atoms with Gasteiger partial charge in [0.05, 0.1) is 0 Å². The number of hydrogen-bond acceptors (Lipinski definition) is 1. The number of rotatable bonds is 4. The highest BCUT2D eigenvalue weighted by atomic mass is 79.9. The van der Waals surface area contributed by atoms with Crippen LogP contribution in [0.5, 0.6) is 0 Å². The van der Waals surface area contributed by atoms with Crippen LogP contribution in [0.3, 0.4) is 0 Å². The molecule has 0 N–H and O–H groups in total. The summed E-state index contributed by atoms with van der Waals surface area (Å²) in [5, 5.41) is 0. The van der Waals surface area contributed by atoms with Gasteiger partial charge in [-0.25, -0.2) is 0 Å². The maximum Gasteiger partial charge on any atom is 0.0472 e. The summed E-state index contributed by atoms with van der Waals surface area (Å²) in [7, 11) is 0. The summed E-state index contributed by atoms with van der Waals surface area (Å²) >= 11 is 3.70. The van der Waals surface area contributed by atoms with E-state index in [0.29, 0.717) is 0 Å². The van der Waals surface area contributed by atoms with Gasteiger partial charge in [-0.05, 0) is 89.0 Å². The molecule has 1 fully saturated rings. The zero-order valence-electron chi connectivity index (χ0n) is 20.6. The van der Waals surface area contributed by atoms with Crippen molar-refractivity contribution in [1.82, 2.24) is 0 Å². The van der Waals surface area contributed by atoms with E-state index in [1.54, 1.807) is 0 Å². The summed E-state index contributed by atoms with van der Waals surface area (Å²) in [5.41, 5.74) is 10.6. The first-order chi connectivity index (χ1) is 17.0. The summed E-state index contributed by atoms with van der Waals surface area (Å²) < 4.78 is 1.09. The van der Waals surface area contributed by atoms with Crippen LogP contribution >= 0.6 is 15.9 Å². The van der Waals surface area contributed by atoms with E-state index in [4.69, 9.17) is 0 Å². The minimum absolute atomic E-state index is 0.0181. The molecule has 0 radical (unpaired) electrons. The predicted molar refractivity (Wildman–Crippen MR) is 152 cm³/mol. The molecule has 1 nitrogen and oxygen atoms in total. The van der Waals surface area contributed by atoms with Crippen molar-refractivity contribution in [3.63, 3.8) is 0 Å². The van der Waals surface area contributed by atoms with Crippen molar-refractivity contribution in [3.8, 4) is 11.1 Å². The number of fused-ring (bicyclic) bond motifs is 3. The molecule has 4 aromatic rings. The topological polar surface area (TPSA) is 3.24 Å². The van der Waals surface area contributed by atoms with Gasteiger partial charge < -0.3 is 4.90 Å². The standard InChI is InChI=1S/C33H32BrN/c1-33(2)31-14-7-6-13-29(31)30-20-19-28(22-32(30)33)35(27-12-8-11-25(34)21-27)26-17-15-24(16-18-26)23-9-4-3-5-10-23/h6-8,11-23H,3-5,9-10H2,1-2H3. The molecule has 4 aromatic carbocycles. The van der Waals surface area contributed by atoms with Crippen molar-refractivity contribution >= 4 is 33.0 Å². The van der Waals surface area contributed by atoms with Crippen molar-refractivity contribution in [2.45, 2.75) is 57.3 Å². The molecule has 0 aromatic heterocycles. The molecular formula is C33H32BrN. The molecule has 0 bridgehead atoms. The normalized spacial score (nSPS) is 16.5. The average molecular weight is 523 g/mol. The third-order valence-electron chi connectivity index (χ3n) is 8.12. The molecule has 2 heteroatoms. The first kappa shape index (κ1) is 22.6. The molecule has 0 saturated heterocycles. The third kappa shape index (κ3) is 4.02. The first-order valence-corrected chi connectivity index (χ1v) is 13.7. The van der Waals surface area contributed by atoms with Crippen LogP contribution < -0.4 is 4.90 Å². The van der Waals surface area contributed by atoms with E-state index in [-0.39, 0.29) is 5.41 Å². The third-order valence-corrected chi connectivity index (χ3v) is 8.61. The lowest BCUT2D eigenvalue weighted by molar-refractivity contribution is 0.443. The van der Waals surface area contributed by atoms with Crippen molar-refractivity contribution in [2.24, 2.45) is 0 Å². The Labute approximate surface area is 218 Å². The average Bonchev–Trinajstić information content (AvgIpc) is 3.12. The van der Waals surface area contributed by atoms with Gasteiger partial charge in [-0.15, -0.1) is 0 Å². The molecule has 2 aliphatic carbocycles. The highest BCUT2D eigenvalue weighted by molar-refractivity contribution is 9.10. The Bertz CT molecular complexity index is 1360. The lowest BCUT2D eigenvalue weighted by Gasteiger charge is -2.29. The molecule has 0 spiro atoms. The Morgan fingerprint density at radius 2 is 1.34 bits per heavy atom. The molecule has 35 heavy (non-hydrogen) atoms. The molecule has 0 aliphatic heterocycles. The van der Waals surface area contributed by atoms with Crippen molar-refractivity contribution in [2.75, 3.05) is 4.90 Å². The molecule has 1 saturated carbocycles. The van der Waals surface area contributed by atoms with E-state index in [2.05, 4.69) is 126 Å². The summed E-state index contributed by atoms with van der Waals surface area (Å²) in [4.78, 5) is 2.40. The fraction of sp³-hybridized carbons (Fsp3) is 0.273. The lowest BCUT2D eigenvalue weighted by atomic mass is 9.82. The van der Waals surface area contributed by atoms with Gasteiger partial charge in [0.1, 0.15) is 0 Å². The van der Waals surface area contributed by atoms with Crippen LogP contribution in [0.2, 0.25) is 0 Å². The van der Waals surface area contributed by atoms with Crippen LogP contribution in [0.15, 0.2) is 95.5 Å².